The summed E-state index contributed by atoms with van der Waals surface area (Å²) in [5.74, 6) is 0. The molecule has 1 aromatic carbocycles. The summed E-state index contributed by atoms with van der Waals surface area (Å²) in [6.45, 7) is 2.72. The molecule has 0 saturated carbocycles. The molecule has 2 amide bonds. The van der Waals surface area contributed by atoms with Gasteiger partial charge in [-0.2, -0.15) is 0 Å². The zero-order chi connectivity index (χ0) is 11.1. The normalized spacial score (nSPS) is 20.4. The summed E-state index contributed by atoms with van der Waals surface area (Å²) in [5, 5.41) is 2.82. The van der Waals surface area contributed by atoms with E-state index in [4.69, 9.17) is 0 Å². The summed E-state index contributed by atoms with van der Waals surface area (Å²) in [6.07, 6.45) is 1.65. The van der Waals surface area contributed by atoms with Crippen LogP contribution in [0.3, 0.4) is 0 Å². The number of aromatic amines is 1. The van der Waals surface area contributed by atoms with Gasteiger partial charge in [0.15, 0.2) is 0 Å². The molecule has 0 bridgehead atoms. The molecule has 0 radical (unpaired) electrons. The number of amides is 2. The van der Waals surface area contributed by atoms with E-state index in [0.29, 0.717) is 6.54 Å². The van der Waals surface area contributed by atoms with Crippen molar-refractivity contribution in [2.75, 3.05) is 11.4 Å². The van der Waals surface area contributed by atoms with Crippen LogP contribution in [0.1, 0.15) is 6.92 Å². The number of hydrogen-bond donors (Lipinski definition) is 2. The molecule has 1 unspecified atom stereocenters. The number of nitrogens with zero attached hydrogens (tertiary/aromatic N) is 2. The van der Waals surface area contributed by atoms with Crippen LogP contribution in [0.2, 0.25) is 0 Å². The molecular weight excluding hydrogens is 204 g/mol. The summed E-state index contributed by atoms with van der Waals surface area (Å²) in [6, 6.07) is 5.94. The third-order valence-electron chi connectivity index (χ3n) is 2.89. The summed E-state index contributed by atoms with van der Waals surface area (Å²) in [4.78, 5) is 20.6. The predicted octanol–water partition coefficient (Wildman–Crippen LogP) is 1.48. The molecule has 1 fully saturated rings. The zero-order valence-corrected chi connectivity index (χ0v) is 8.90. The van der Waals surface area contributed by atoms with Crippen molar-refractivity contribution in [3.05, 3.63) is 24.5 Å². The fraction of sp³-hybridized carbons (Fsp3) is 0.273. The largest absolute Gasteiger partial charge is 0.345 e. The van der Waals surface area contributed by atoms with Crippen LogP contribution in [-0.4, -0.2) is 28.6 Å². The summed E-state index contributed by atoms with van der Waals surface area (Å²) in [5.41, 5.74) is 2.76. The van der Waals surface area contributed by atoms with Crippen molar-refractivity contribution in [1.29, 1.82) is 0 Å². The second-order valence-corrected chi connectivity index (χ2v) is 4.01. The van der Waals surface area contributed by atoms with Gasteiger partial charge in [-0.05, 0) is 25.1 Å². The lowest BCUT2D eigenvalue weighted by atomic mass is 10.2. The molecule has 1 atom stereocenters. The zero-order valence-electron chi connectivity index (χ0n) is 8.90. The van der Waals surface area contributed by atoms with Gasteiger partial charge in [0, 0.05) is 12.2 Å². The number of urea groups is 1. The van der Waals surface area contributed by atoms with Gasteiger partial charge in [-0.25, -0.2) is 9.78 Å². The first-order valence-electron chi connectivity index (χ1n) is 5.26. The van der Waals surface area contributed by atoms with E-state index in [1.165, 1.54) is 0 Å². The van der Waals surface area contributed by atoms with Crippen LogP contribution >= 0.6 is 0 Å². The second kappa shape index (κ2) is 3.23. The second-order valence-electron chi connectivity index (χ2n) is 4.01. The van der Waals surface area contributed by atoms with E-state index in [-0.39, 0.29) is 12.1 Å². The van der Waals surface area contributed by atoms with E-state index in [1.807, 2.05) is 25.1 Å². The summed E-state index contributed by atoms with van der Waals surface area (Å²) >= 11 is 0. The van der Waals surface area contributed by atoms with Crippen molar-refractivity contribution in [2.24, 2.45) is 0 Å². The van der Waals surface area contributed by atoms with E-state index in [2.05, 4.69) is 15.3 Å². The number of hydrogen-bond acceptors (Lipinski definition) is 2. The molecule has 2 heterocycles. The monoisotopic (exact) mass is 216 g/mol. The Morgan fingerprint density at radius 3 is 3.12 bits per heavy atom. The molecule has 5 heteroatoms. The third-order valence-corrected chi connectivity index (χ3v) is 2.89. The lowest BCUT2D eigenvalue weighted by molar-refractivity contribution is 0.252. The molecule has 5 nitrogen and oxygen atoms in total. The van der Waals surface area contributed by atoms with Gasteiger partial charge in [0.2, 0.25) is 0 Å². The van der Waals surface area contributed by atoms with E-state index < -0.39 is 0 Å². The number of H-pyrrole nitrogens is 1. The third kappa shape index (κ3) is 1.25. The average Bonchev–Trinajstić information content (AvgIpc) is 2.85. The number of benzene rings is 1. The molecule has 0 spiro atoms. The van der Waals surface area contributed by atoms with Crippen molar-refractivity contribution in [3.8, 4) is 0 Å². The first-order chi connectivity index (χ1) is 7.75. The molecule has 82 valence electrons. The standard InChI is InChI=1S/C11H12N4O/c1-7-5-12-11(16)15(7)8-2-3-9-10(4-8)14-6-13-9/h2-4,6-7H,5H2,1H3,(H,12,16)(H,13,14). The highest BCUT2D eigenvalue weighted by Gasteiger charge is 2.28. The molecule has 1 aromatic heterocycles. The van der Waals surface area contributed by atoms with Gasteiger partial charge in [0.1, 0.15) is 0 Å². The van der Waals surface area contributed by atoms with Gasteiger partial charge >= 0.3 is 6.03 Å². The number of nitrogens with one attached hydrogen (secondary N) is 2. The van der Waals surface area contributed by atoms with Gasteiger partial charge in [0.25, 0.3) is 0 Å². The average molecular weight is 216 g/mol. The van der Waals surface area contributed by atoms with Crippen LogP contribution in [0.15, 0.2) is 24.5 Å². The van der Waals surface area contributed by atoms with E-state index in [0.717, 1.165) is 16.7 Å². The quantitative estimate of drug-likeness (QED) is 0.758. The Hall–Kier alpha value is -2.04. The Labute approximate surface area is 92.5 Å². The number of carbonyl (C=O) groups excluding carboxylic acids is 1. The lowest BCUT2D eigenvalue weighted by Crippen LogP contribution is -2.32. The van der Waals surface area contributed by atoms with Crippen molar-refractivity contribution in [3.63, 3.8) is 0 Å². The van der Waals surface area contributed by atoms with Crippen LogP contribution in [0.5, 0.6) is 0 Å². The van der Waals surface area contributed by atoms with Crippen LogP contribution in [0.25, 0.3) is 11.0 Å². The van der Waals surface area contributed by atoms with Gasteiger partial charge in [-0.1, -0.05) is 0 Å². The Bertz CT molecular complexity index is 548. The highest BCUT2D eigenvalue weighted by molar-refractivity contribution is 5.96. The minimum absolute atomic E-state index is 0.0358. The predicted molar refractivity (Wildman–Crippen MR) is 61.4 cm³/mol. The van der Waals surface area contributed by atoms with Crippen molar-refractivity contribution in [1.82, 2.24) is 15.3 Å². The smallest absolute Gasteiger partial charge is 0.322 e. The van der Waals surface area contributed by atoms with Gasteiger partial charge in [-0.3, -0.25) is 4.90 Å². The number of anilines is 1. The Kier molecular flexibility index (Phi) is 1.86. The molecular formula is C11H12N4O. The SMILES string of the molecule is CC1CNC(=O)N1c1ccc2nc[nH]c2c1. The minimum Gasteiger partial charge on any atom is -0.345 e. The summed E-state index contributed by atoms with van der Waals surface area (Å²) < 4.78 is 0. The van der Waals surface area contributed by atoms with E-state index >= 15 is 0 Å². The van der Waals surface area contributed by atoms with Crippen LogP contribution in [0.4, 0.5) is 10.5 Å². The van der Waals surface area contributed by atoms with Gasteiger partial charge in [0.05, 0.1) is 23.4 Å². The van der Waals surface area contributed by atoms with Crippen molar-refractivity contribution < 1.29 is 4.79 Å². The highest BCUT2D eigenvalue weighted by atomic mass is 16.2. The number of aromatic nitrogens is 2. The molecule has 0 aliphatic carbocycles. The number of imidazole rings is 1. The van der Waals surface area contributed by atoms with E-state index in [9.17, 15) is 4.79 Å². The van der Waals surface area contributed by atoms with Crippen LogP contribution in [0, 0.1) is 0 Å². The Morgan fingerprint density at radius 2 is 2.38 bits per heavy atom. The topological polar surface area (TPSA) is 61.0 Å². The Balaban J connectivity index is 2.07. The molecule has 2 aromatic rings. The maximum absolute atomic E-state index is 11.6. The van der Waals surface area contributed by atoms with Gasteiger partial charge in [-0.15, -0.1) is 0 Å². The van der Waals surface area contributed by atoms with Crippen molar-refractivity contribution >= 4 is 22.8 Å². The first-order valence-corrected chi connectivity index (χ1v) is 5.26. The fourth-order valence-corrected chi connectivity index (χ4v) is 2.06. The molecule has 1 saturated heterocycles. The lowest BCUT2D eigenvalue weighted by Gasteiger charge is -2.19. The van der Waals surface area contributed by atoms with Crippen LogP contribution in [-0.2, 0) is 0 Å². The van der Waals surface area contributed by atoms with E-state index in [1.54, 1.807) is 11.2 Å². The molecule has 1 aliphatic rings. The highest BCUT2D eigenvalue weighted by Crippen LogP contribution is 2.23. The number of rotatable bonds is 1. The first kappa shape index (κ1) is 9.21. The number of carbonyl (C=O) groups is 1. The maximum atomic E-state index is 11.6. The Morgan fingerprint density at radius 1 is 1.50 bits per heavy atom. The molecule has 3 rings (SSSR count). The molecule has 1 aliphatic heterocycles. The molecule has 2 N–H and O–H groups in total. The molecule has 16 heavy (non-hydrogen) atoms. The summed E-state index contributed by atoms with van der Waals surface area (Å²) in [7, 11) is 0. The maximum Gasteiger partial charge on any atom is 0.322 e. The minimum atomic E-state index is -0.0358. The fourth-order valence-electron chi connectivity index (χ4n) is 2.06. The van der Waals surface area contributed by atoms with Crippen LogP contribution < -0.4 is 10.2 Å². The van der Waals surface area contributed by atoms with Gasteiger partial charge < -0.3 is 10.3 Å². The number of fused-ring (bicyclic) bond motifs is 1. The van der Waals surface area contributed by atoms with Crippen molar-refractivity contribution in [2.45, 2.75) is 13.0 Å².